The van der Waals surface area contributed by atoms with Crippen LogP contribution >= 0.6 is 0 Å². The topological polar surface area (TPSA) is 26.2 Å². The Morgan fingerprint density at radius 2 is 0.903 bits per heavy atom. The standard InChI is InChI=1S/C58H37N3O/c1-2-14-41(15-3-1)61-50-20-9-6-17-46(50)47-35-34-44(37-54(47)61)59(52-22-12-24-56-58(52)49-19-8-11-23-55(49)62-56)42-30-25-38(26-31-42)39-27-32-43(33-28-39)60-51-21-10-7-18-48(51)57-45-16-5-4-13-40(45)29-36-53(57)60/h1-37H. The van der Waals surface area contributed by atoms with Crippen LogP contribution in [0, 0.1) is 0 Å². The molecule has 290 valence electrons. The quantitative estimate of drug-likeness (QED) is 0.168. The predicted molar refractivity (Wildman–Crippen MR) is 260 cm³/mol. The van der Waals surface area contributed by atoms with Gasteiger partial charge < -0.3 is 18.5 Å². The lowest BCUT2D eigenvalue weighted by molar-refractivity contribution is 0.669. The van der Waals surface area contributed by atoms with Gasteiger partial charge in [-0.15, -0.1) is 0 Å². The molecule has 13 aromatic rings. The zero-order chi connectivity index (χ0) is 40.7. The lowest BCUT2D eigenvalue weighted by atomic mass is 10.0. The molecule has 13 rings (SSSR count). The van der Waals surface area contributed by atoms with Crippen molar-refractivity contribution in [3.8, 4) is 22.5 Å². The Labute approximate surface area is 357 Å². The minimum atomic E-state index is 0.862. The van der Waals surface area contributed by atoms with Crippen molar-refractivity contribution in [2.45, 2.75) is 0 Å². The zero-order valence-electron chi connectivity index (χ0n) is 33.6. The molecule has 0 N–H and O–H groups in total. The van der Waals surface area contributed by atoms with Gasteiger partial charge >= 0.3 is 0 Å². The Bertz CT molecular complexity index is 3850. The van der Waals surface area contributed by atoms with E-state index in [0.29, 0.717) is 0 Å². The fourth-order valence-corrected chi connectivity index (χ4v) is 9.95. The number of rotatable bonds is 6. The van der Waals surface area contributed by atoms with Gasteiger partial charge in [-0.3, -0.25) is 0 Å². The molecule has 3 heterocycles. The molecule has 4 nitrogen and oxygen atoms in total. The minimum absolute atomic E-state index is 0.862. The Morgan fingerprint density at radius 1 is 0.323 bits per heavy atom. The summed E-state index contributed by atoms with van der Waals surface area (Å²) in [5, 5.41) is 9.72. The molecule has 0 saturated heterocycles. The summed E-state index contributed by atoms with van der Waals surface area (Å²) in [5.41, 5.74) is 14.3. The summed E-state index contributed by atoms with van der Waals surface area (Å²) in [6.45, 7) is 0. The SMILES string of the molecule is c1ccc(-n2c3ccccc3c3ccc(N(c4ccc(-c5ccc(-n6c7ccccc7c7c8ccccc8ccc76)cc5)cc4)c4cccc5oc6ccccc6c45)cc32)cc1. The molecule has 62 heavy (non-hydrogen) atoms. The molecule has 3 aromatic heterocycles. The molecule has 0 fully saturated rings. The average molecular weight is 792 g/mol. The fourth-order valence-electron chi connectivity index (χ4n) is 9.95. The molecule has 0 atom stereocenters. The number of aromatic nitrogens is 2. The first kappa shape index (κ1) is 34.5. The molecule has 0 amide bonds. The molecule has 0 aliphatic rings. The third kappa shape index (κ3) is 5.20. The van der Waals surface area contributed by atoms with Gasteiger partial charge in [0.2, 0.25) is 0 Å². The van der Waals surface area contributed by atoms with Gasteiger partial charge in [0, 0.05) is 49.7 Å². The van der Waals surface area contributed by atoms with Crippen molar-refractivity contribution in [3.05, 3.63) is 224 Å². The average Bonchev–Trinajstić information content (AvgIpc) is 4.00. The molecule has 0 unspecified atom stereocenters. The molecule has 0 aliphatic heterocycles. The van der Waals surface area contributed by atoms with Crippen LogP contribution in [0.25, 0.3) is 98.8 Å². The van der Waals surface area contributed by atoms with Gasteiger partial charge in [0.15, 0.2) is 0 Å². The Balaban J connectivity index is 0.950. The predicted octanol–water partition coefficient (Wildman–Crippen LogP) is 16.1. The van der Waals surface area contributed by atoms with E-state index < -0.39 is 0 Å². The number of nitrogens with zero attached hydrogens (tertiary/aromatic N) is 3. The van der Waals surface area contributed by atoms with Gasteiger partial charge in [-0.2, -0.15) is 0 Å². The second-order valence-electron chi connectivity index (χ2n) is 16.1. The van der Waals surface area contributed by atoms with Crippen LogP contribution in [0.5, 0.6) is 0 Å². The molecule has 0 aliphatic carbocycles. The lowest BCUT2D eigenvalue weighted by Crippen LogP contribution is -2.10. The lowest BCUT2D eigenvalue weighted by Gasteiger charge is -2.27. The van der Waals surface area contributed by atoms with Gasteiger partial charge in [0.1, 0.15) is 11.2 Å². The van der Waals surface area contributed by atoms with Crippen LogP contribution in [-0.4, -0.2) is 9.13 Å². The van der Waals surface area contributed by atoms with Crippen LogP contribution in [0.4, 0.5) is 17.1 Å². The van der Waals surface area contributed by atoms with Crippen molar-refractivity contribution in [1.29, 1.82) is 0 Å². The van der Waals surface area contributed by atoms with E-state index in [1.54, 1.807) is 0 Å². The van der Waals surface area contributed by atoms with Crippen LogP contribution < -0.4 is 4.90 Å². The van der Waals surface area contributed by atoms with Crippen LogP contribution in [0.2, 0.25) is 0 Å². The second kappa shape index (κ2) is 13.6. The Hall–Kier alpha value is -8.34. The molecule has 0 radical (unpaired) electrons. The van der Waals surface area contributed by atoms with Gasteiger partial charge in [-0.1, -0.05) is 140 Å². The molecule has 10 aromatic carbocycles. The summed E-state index contributed by atoms with van der Waals surface area (Å²) in [7, 11) is 0. The minimum Gasteiger partial charge on any atom is -0.456 e. The van der Waals surface area contributed by atoms with Gasteiger partial charge in [0.25, 0.3) is 0 Å². The number of anilines is 3. The van der Waals surface area contributed by atoms with Crippen molar-refractivity contribution in [1.82, 2.24) is 9.13 Å². The van der Waals surface area contributed by atoms with Crippen LogP contribution in [-0.2, 0) is 0 Å². The molecule has 0 spiro atoms. The first-order chi connectivity index (χ1) is 30.8. The normalized spacial score (nSPS) is 11.9. The molecular formula is C58H37N3O. The highest BCUT2D eigenvalue weighted by molar-refractivity contribution is 6.21. The van der Waals surface area contributed by atoms with Crippen molar-refractivity contribution >= 4 is 93.4 Å². The van der Waals surface area contributed by atoms with E-state index in [1.807, 2.05) is 6.07 Å². The fraction of sp³-hybridized carbons (Fsp3) is 0. The third-order valence-corrected chi connectivity index (χ3v) is 12.7. The maximum absolute atomic E-state index is 6.45. The maximum Gasteiger partial charge on any atom is 0.137 e. The summed E-state index contributed by atoms with van der Waals surface area (Å²) in [4.78, 5) is 2.38. The monoisotopic (exact) mass is 791 g/mol. The van der Waals surface area contributed by atoms with E-state index in [1.165, 1.54) is 48.9 Å². The summed E-state index contributed by atoms with van der Waals surface area (Å²) in [6, 6.07) is 80.9. The van der Waals surface area contributed by atoms with Crippen molar-refractivity contribution in [2.24, 2.45) is 0 Å². The van der Waals surface area contributed by atoms with E-state index in [4.69, 9.17) is 4.42 Å². The molecule has 0 saturated carbocycles. The highest BCUT2D eigenvalue weighted by Gasteiger charge is 2.22. The number of hydrogen-bond donors (Lipinski definition) is 0. The number of fused-ring (bicyclic) bond motifs is 11. The smallest absolute Gasteiger partial charge is 0.137 e. The number of benzene rings is 10. The summed E-state index contributed by atoms with van der Waals surface area (Å²) < 4.78 is 11.2. The number of para-hydroxylation sites is 4. The Morgan fingerprint density at radius 3 is 1.71 bits per heavy atom. The highest BCUT2D eigenvalue weighted by atomic mass is 16.3. The van der Waals surface area contributed by atoms with Crippen LogP contribution in [0.1, 0.15) is 0 Å². The van der Waals surface area contributed by atoms with E-state index >= 15 is 0 Å². The maximum atomic E-state index is 6.45. The highest BCUT2D eigenvalue weighted by Crippen LogP contribution is 2.45. The summed E-state index contributed by atoms with van der Waals surface area (Å²) >= 11 is 0. The van der Waals surface area contributed by atoms with Crippen molar-refractivity contribution < 1.29 is 4.42 Å². The largest absolute Gasteiger partial charge is 0.456 e. The summed E-state index contributed by atoms with van der Waals surface area (Å²) in [5.74, 6) is 0. The van der Waals surface area contributed by atoms with Gasteiger partial charge in [-0.05, 0) is 107 Å². The van der Waals surface area contributed by atoms with E-state index in [2.05, 4.69) is 232 Å². The zero-order valence-corrected chi connectivity index (χ0v) is 33.6. The van der Waals surface area contributed by atoms with E-state index in [-0.39, 0.29) is 0 Å². The number of hydrogen-bond acceptors (Lipinski definition) is 2. The van der Waals surface area contributed by atoms with E-state index in [9.17, 15) is 0 Å². The Kier molecular flexibility index (Phi) is 7.57. The number of furan rings is 1. The first-order valence-corrected chi connectivity index (χ1v) is 21.2. The first-order valence-electron chi connectivity index (χ1n) is 21.2. The van der Waals surface area contributed by atoms with Crippen LogP contribution in [0.15, 0.2) is 229 Å². The van der Waals surface area contributed by atoms with Crippen molar-refractivity contribution in [3.63, 3.8) is 0 Å². The van der Waals surface area contributed by atoms with Crippen LogP contribution in [0.3, 0.4) is 0 Å². The molecule has 0 bridgehead atoms. The second-order valence-corrected chi connectivity index (χ2v) is 16.1. The van der Waals surface area contributed by atoms with Gasteiger partial charge in [0.05, 0.1) is 33.1 Å². The van der Waals surface area contributed by atoms with Gasteiger partial charge in [-0.25, -0.2) is 0 Å². The van der Waals surface area contributed by atoms with Crippen molar-refractivity contribution in [2.75, 3.05) is 4.90 Å². The molecule has 4 heteroatoms. The third-order valence-electron chi connectivity index (χ3n) is 12.7. The summed E-state index contributed by atoms with van der Waals surface area (Å²) in [6.07, 6.45) is 0. The molecular weight excluding hydrogens is 755 g/mol. The van der Waals surface area contributed by atoms with E-state index in [0.717, 1.165) is 67.0 Å².